The van der Waals surface area contributed by atoms with Gasteiger partial charge < -0.3 is 5.32 Å². The van der Waals surface area contributed by atoms with Gasteiger partial charge in [0, 0.05) is 12.6 Å². The molecular formula is C14H27N3. The molecule has 0 radical (unpaired) electrons. The number of rotatable bonds is 6. The Morgan fingerprint density at radius 3 is 2.82 bits per heavy atom. The molecule has 1 fully saturated rings. The molecule has 1 heterocycles. The van der Waals surface area contributed by atoms with E-state index in [9.17, 15) is 5.26 Å². The van der Waals surface area contributed by atoms with Gasteiger partial charge in [-0.15, -0.1) is 0 Å². The molecule has 2 unspecified atom stereocenters. The first kappa shape index (κ1) is 14.5. The molecule has 3 nitrogen and oxygen atoms in total. The van der Waals surface area contributed by atoms with Crippen molar-refractivity contribution in [1.29, 1.82) is 5.26 Å². The van der Waals surface area contributed by atoms with Crippen LogP contribution in [0, 0.1) is 11.3 Å². The molecule has 17 heavy (non-hydrogen) atoms. The first-order chi connectivity index (χ1) is 8.31. The molecule has 0 aromatic heterocycles. The van der Waals surface area contributed by atoms with Gasteiger partial charge in [0.05, 0.1) is 6.07 Å². The van der Waals surface area contributed by atoms with Gasteiger partial charge in [-0.3, -0.25) is 4.90 Å². The zero-order valence-electron chi connectivity index (χ0n) is 11.4. The van der Waals surface area contributed by atoms with Crippen molar-refractivity contribution < 1.29 is 0 Å². The second kappa shape index (κ2) is 8.49. The highest BCUT2D eigenvalue weighted by Gasteiger charge is 2.22. The second-order valence-corrected chi connectivity index (χ2v) is 5.04. The fraction of sp³-hybridized carbons (Fsp3) is 0.929. The average Bonchev–Trinajstić information content (AvgIpc) is 2.59. The smallest absolute Gasteiger partial charge is 0.108 e. The lowest BCUT2D eigenvalue weighted by molar-refractivity contribution is 0.184. The summed E-state index contributed by atoms with van der Waals surface area (Å²) in [5, 5.41) is 12.5. The van der Waals surface area contributed by atoms with Crippen molar-refractivity contribution in [3.05, 3.63) is 0 Å². The highest BCUT2D eigenvalue weighted by atomic mass is 15.2. The van der Waals surface area contributed by atoms with E-state index in [0.29, 0.717) is 6.04 Å². The van der Waals surface area contributed by atoms with Crippen LogP contribution in [0.25, 0.3) is 0 Å². The van der Waals surface area contributed by atoms with E-state index in [-0.39, 0.29) is 6.04 Å². The monoisotopic (exact) mass is 237 g/mol. The Hall–Kier alpha value is -0.590. The van der Waals surface area contributed by atoms with Crippen LogP contribution in [-0.4, -0.2) is 36.6 Å². The zero-order chi connectivity index (χ0) is 12.5. The van der Waals surface area contributed by atoms with Crippen molar-refractivity contribution in [3.63, 3.8) is 0 Å². The quantitative estimate of drug-likeness (QED) is 0.771. The van der Waals surface area contributed by atoms with E-state index in [1.165, 1.54) is 38.6 Å². The Labute approximate surface area is 106 Å². The molecule has 0 amide bonds. The van der Waals surface area contributed by atoms with Gasteiger partial charge in [-0.25, -0.2) is 0 Å². The molecule has 1 N–H and O–H groups in total. The third kappa shape index (κ3) is 5.06. The molecule has 1 aliphatic heterocycles. The summed E-state index contributed by atoms with van der Waals surface area (Å²) in [5.74, 6) is 0. The lowest BCUT2D eigenvalue weighted by Crippen LogP contribution is -2.44. The SMILES string of the molecule is CCCNC(C#N)CN1CCCCCC1CC. The van der Waals surface area contributed by atoms with Crippen molar-refractivity contribution in [2.75, 3.05) is 19.6 Å². The Morgan fingerprint density at radius 1 is 1.35 bits per heavy atom. The fourth-order valence-electron chi connectivity index (χ4n) is 2.64. The average molecular weight is 237 g/mol. The number of hydrogen-bond acceptors (Lipinski definition) is 3. The van der Waals surface area contributed by atoms with E-state index in [0.717, 1.165) is 19.5 Å². The summed E-state index contributed by atoms with van der Waals surface area (Å²) in [7, 11) is 0. The normalized spacial score (nSPS) is 23.9. The largest absolute Gasteiger partial charge is 0.301 e. The molecule has 0 bridgehead atoms. The van der Waals surface area contributed by atoms with E-state index < -0.39 is 0 Å². The topological polar surface area (TPSA) is 39.1 Å². The lowest BCUT2D eigenvalue weighted by Gasteiger charge is -2.30. The zero-order valence-corrected chi connectivity index (χ0v) is 11.4. The molecule has 1 saturated heterocycles. The highest BCUT2D eigenvalue weighted by molar-refractivity contribution is 4.93. The van der Waals surface area contributed by atoms with Gasteiger partial charge in [0.15, 0.2) is 0 Å². The molecule has 1 aliphatic rings. The third-order valence-electron chi connectivity index (χ3n) is 3.68. The summed E-state index contributed by atoms with van der Waals surface area (Å²) < 4.78 is 0. The van der Waals surface area contributed by atoms with Crippen molar-refractivity contribution in [1.82, 2.24) is 10.2 Å². The minimum absolute atomic E-state index is 0.00194. The van der Waals surface area contributed by atoms with Crippen LogP contribution >= 0.6 is 0 Å². The van der Waals surface area contributed by atoms with E-state index in [1.807, 2.05) is 0 Å². The van der Waals surface area contributed by atoms with E-state index in [2.05, 4.69) is 30.1 Å². The molecular weight excluding hydrogens is 210 g/mol. The molecule has 98 valence electrons. The molecule has 0 spiro atoms. The second-order valence-electron chi connectivity index (χ2n) is 5.04. The van der Waals surface area contributed by atoms with Gasteiger partial charge in [-0.05, 0) is 38.8 Å². The Balaban J connectivity index is 2.46. The fourth-order valence-corrected chi connectivity index (χ4v) is 2.64. The van der Waals surface area contributed by atoms with Crippen LogP contribution in [0.15, 0.2) is 0 Å². The van der Waals surface area contributed by atoms with Crippen molar-refractivity contribution >= 4 is 0 Å². The van der Waals surface area contributed by atoms with Crippen LogP contribution in [0.4, 0.5) is 0 Å². The molecule has 0 aromatic rings. The molecule has 0 aliphatic carbocycles. The molecule has 3 heteroatoms. The van der Waals surface area contributed by atoms with Gasteiger partial charge in [0.2, 0.25) is 0 Å². The lowest BCUT2D eigenvalue weighted by atomic mass is 10.1. The van der Waals surface area contributed by atoms with Crippen LogP contribution in [0.1, 0.15) is 52.4 Å². The van der Waals surface area contributed by atoms with Crippen LogP contribution in [0.3, 0.4) is 0 Å². The predicted octanol–water partition coefficient (Wildman–Crippen LogP) is 2.53. The first-order valence-electron chi connectivity index (χ1n) is 7.18. The predicted molar refractivity (Wildman–Crippen MR) is 71.8 cm³/mol. The maximum absolute atomic E-state index is 9.17. The van der Waals surface area contributed by atoms with Gasteiger partial charge in [0.1, 0.15) is 6.04 Å². The minimum Gasteiger partial charge on any atom is -0.301 e. The summed E-state index contributed by atoms with van der Waals surface area (Å²) in [6, 6.07) is 3.09. The van der Waals surface area contributed by atoms with Crippen molar-refractivity contribution in [2.24, 2.45) is 0 Å². The number of nitriles is 1. The summed E-state index contributed by atoms with van der Waals surface area (Å²) in [5.41, 5.74) is 0. The van der Waals surface area contributed by atoms with Crippen LogP contribution in [0.2, 0.25) is 0 Å². The molecule has 0 saturated carbocycles. The van der Waals surface area contributed by atoms with Gasteiger partial charge in [-0.1, -0.05) is 26.7 Å². The number of nitrogens with zero attached hydrogens (tertiary/aromatic N) is 2. The highest BCUT2D eigenvalue weighted by Crippen LogP contribution is 2.19. The van der Waals surface area contributed by atoms with Crippen molar-refractivity contribution in [3.8, 4) is 6.07 Å². The Bertz CT molecular complexity index is 234. The molecule has 1 rings (SSSR count). The number of nitrogens with one attached hydrogen (secondary N) is 1. The third-order valence-corrected chi connectivity index (χ3v) is 3.68. The van der Waals surface area contributed by atoms with Gasteiger partial charge in [0.25, 0.3) is 0 Å². The van der Waals surface area contributed by atoms with Gasteiger partial charge in [-0.2, -0.15) is 5.26 Å². The maximum atomic E-state index is 9.17. The summed E-state index contributed by atoms with van der Waals surface area (Å²) >= 11 is 0. The Morgan fingerprint density at radius 2 is 2.18 bits per heavy atom. The standard InChI is InChI=1S/C14H27N3/c1-3-9-16-13(11-15)12-17-10-7-5-6-8-14(17)4-2/h13-14,16H,3-10,12H2,1-2H3. The Kier molecular flexibility index (Phi) is 7.23. The number of likely N-dealkylation sites (tertiary alicyclic amines) is 1. The number of hydrogen-bond donors (Lipinski definition) is 1. The first-order valence-corrected chi connectivity index (χ1v) is 7.18. The van der Waals surface area contributed by atoms with E-state index >= 15 is 0 Å². The van der Waals surface area contributed by atoms with E-state index in [1.54, 1.807) is 0 Å². The van der Waals surface area contributed by atoms with Gasteiger partial charge >= 0.3 is 0 Å². The van der Waals surface area contributed by atoms with E-state index in [4.69, 9.17) is 0 Å². The molecule has 2 atom stereocenters. The van der Waals surface area contributed by atoms with Crippen LogP contribution in [0.5, 0.6) is 0 Å². The molecule has 0 aromatic carbocycles. The maximum Gasteiger partial charge on any atom is 0.108 e. The summed E-state index contributed by atoms with van der Waals surface area (Å²) in [6.07, 6.45) is 7.62. The minimum atomic E-state index is 0.00194. The van der Waals surface area contributed by atoms with Crippen LogP contribution in [-0.2, 0) is 0 Å². The van der Waals surface area contributed by atoms with Crippen molar-refractivity contribution in [2.45, 2.75) is 64.5 Å². The summed E-state index contributed by atoms with van der Waals surface area (Å²) in [6.45, 7) is 7.43. The summed E-state index contributed by atoms with van der Waals surface area (Å²) in [4.78, 5) is 2.53. The van der Waals surface area contributed by atoms with Crippen LogP contribution < -0.4 is 5.32 Å².